The summed E-state index contributed by atoms with van der Waals surface area (Å²) in [7, 11) is -3.64. The van der Waals surface area contributed by atoms with Gasteiger partial charge in [0.05, 0.1) is 4.34 Å². The molecular formula is C11H17Cl3N2O2S2. The summed E-state index contributed by atoms with van der Waals surface area (Å²) < 4.78 is 27.4. The van der Waals surface area contributed by atoms with Gasteiger partial charge in [0.25, 0.3) is 0 Å². The van der Waals surface area contributed by atoms with Crippen molar-refractivity contribution in [1.29, 1.82) is 0 Å². The number of halogens is 3. The smallest absolute Gasteiger partial charge is 0.243 e. The highest BCUT2D eigenvalue weighted by Crippen LogP contribution is 2.34. The molecule has 0 atom stereocenters. The van der Waals surface area contributed by atoms with E-state index in [4.69, 9.17) is 28.9 Å². The van der Waals surface area contributed by atoms with Gasteiger partial charge in [0.1, 0.15) is 9.23 Å². The van der Waals surface area contributed by atoms with E-state index in [0.29, 0.717) is 4.34 Å². The predicted molar refractivity (Wildman–Crippen MR) is 86.8 cm³/mol. The largest absolute Gasteiger partial charge is 0.324 e. The van der Waals surface area contributed by atoms with Gasteiger partial charge >= 0.3 is 0 Å². The van der Waals surface area contributed by atoms with Crippen LogP contribution in [0.25, 0.3) is 0 Å². The molecule has 1 fully saturated rings. The molecule has 20 heavy (non-hydrogen) atoms. The molecule has 0 spiro atoms. The summed E-state index contributed by atoms with van der Waals surface area (Å²) in [6.07, 6.45) is 4.94. The van der Waals surface area contributed by atoms with Crippen LogP contribution in [0.3, 0.4) is 0 Å². The Labute approximate surface area is 139 Å². The minimum Gasteiger partial charge on any atom is -0.324 e. The monoisotopic (exact) mass is 378 g/mol. The number of sulfonamides is 1. The van der Waals surface area contributed by atoms with E-state index in [9.17, 15) is 8.42 Å². The highest BCUT2D eigenvalue weighted by Gasteiger charge is 2.30. The second-order valence-corrected chi connectivity index (χ2v) is 8.96. The van der Waals surface area contributed by atoms with Crippen molar-refractivity contribution in [2.24, 2.45) is 5.73 Å². The Morgan fingerprint density at radius 2 is 1.90 bits per heavy atom. The summed E-state index contributed by atoms with van der Waals surface area (Å²) in [4.78, 5) is 0.0311. The zero-order valence-electron chi connectivity index (χ0n) is 10.7. The second kappa shape index (κ2) is 7.13. The Morgan fingerprint density at radius 3 is 2.40 bits per heavy atom. The molecule has 1 saturated carbocycles. The number of hydrogen-bond acceptors (Lipinski definition) is 4. The van der Waals surface area contributed by atoms with Gasteiger partial charge < -0.3 is 5.73 Å². The first-order valence-electron chi connectivity index (χ1n) is 6.06. The van der Waals surface area contributed by atoms with E-state index in [-0.39, 0.29) is 28.2 Å². The maximum atomic E-state index is 12.1. The van der Waals surface area contributed by atoms with Gasteiger partial charge in [-0.05, 0) is 18.9 Å². The van der Waals surface area contributed by atoms with Gasteiger partial charge in [-0.25, -0.2) is 13.1 Å². The van der Waals surface area contributed by atoms with Crippen LogP contribution >= 0.6 is 46.9 Å². The average Bonchev–Trinajstić information content (AvgIpc) is 2.68. The van der Waals surface area contributed by atoms with E-state index in [1.54, 1.807) is 0 Å². The summed E-state index contributed by atoms with van der Waals surface area (Å²) in [5.74, 6) is 0. The molecule has 4 nitrogen and oxygen atoms in total. The first-order valence-corrected chi connectivity index (χ1v) is 9.11. The topological polar surface area (TPSA) is 72.2 Å². The number of nitrogens with one attached hydrogen (secondary N) is 1. The molecule has 1 heterocycles. The molecule has 0 aromatic carbocycles. The lowest BCUT2D eigenvalue weighted by Gasteiger charge is -2.33. The standard InChI is InChI=1S/C11H16Cl2N2O2S2.ClH/c12-9-6-8(10(13)18-9)19(16,17)15-7-11(14)4-2-1-3-5-11;/h6,15H,1-5,7,14H2;1H. The summed E-state index contributed by atoms with van der Waals surface area (Å²) in [5.41, 5.74) is 5.76. The van der Waals surface area contributed by atoms with Crippen molar-refractivity contribution in [3.63, 3.8) is 0 Å². The molecule has 3 N–H and O–H groups in total. The lowest BCUT2D eigenvalue weighted by molar-refractivity contribution is 0.296. The third-order valence-corrected chi connectivity index (χ3v) is 6.53. The first-order chi connectivity index (χ1) is 8.82. The van der Waals surface area contributed by atoms with Crippen LogP contribution in [0.4, 0.5) is 0 Å². The predicted octanol–water partition coefficient (Wildman–Crippen LogP) is 3.42. The van der Waals surface area contributed by atoms with Crippen LogP contribution in [0.5, 0.6) is 0 Å². The second-order valence-electron chi connectivity index (χ2n) is 4.94. The highest BCUT2D eigenvalue weighted by atomic mass is 35.5. The molecule has 0 amide bonds. The van der Waals surface area contributed by atoms with Crippen molar-refractivity contribution in [3.8, 4) is 0 Å². The molecule has 9 heteroatoms. The fourth-order valence-electron chi connectivity index (χ4n) is 2.26. The molecule has 0 radical (unpaired) electrons. The summed E-state index contributed by atoms with van der Waals surface area (Å²) in [6, 6.07) is 1.36. The van der Waals surface area contributed by atoms with Crippen molar-refractivity contribution >= 4 is 57.0 Å². The molecular weight excluding hydrogens is 363 g/mol. The van der Waals surface area contributed by atoms with E-state index in [1.807, 2.05) is 0 Å². The third kappa shape index (κ3) is 4.47. The van der Waals surface area contributed by atoms with E-state index in [2.05, 4.69) is 4.72 Å². The third-order valence-electron chi connectivity index (χ3n) is 3.38. The molecule has 2 rings (SSSR count). The molecule has 0 saturated heterocycles. The van der Waals surface area contributed by atoms with Crippen LogP contribution in [0, 0.1) is 0 Å². The Balaban J connectivity index is 0.00000200. The summed E-state index contributed by atoms with van der Waals surface area (Å²) in [6.45, 7) is 0.235. The van der Waals surface area contributed by atoms with Crippen molar-refractivity contribution < 1.29 is 8.42 Å². The maximum absolute atomic E-state index is 12.1. The Hall–Kier alpha value is 0.440. The Morgan fingerprint density at radius 1 is 1.30 bits per heavy atom. The van der Waals surface area contributed by atoms with Gasteiger partial charge in [-0.3, -0.25) is 0 Å². The quantitative estimate of drug-likeness (QED) is 0.842. The van der Waals surface area contributed by atoms with Gasteiger partial charge in [0.2, 0.25) is 10.0 Å². The van der Waals surface area contributed by atoms with E-state index < -0.39 is 15.6 Å². The molecule has 1 aliphatic rings. The van der Waals surface area contributed by atoms with Crippen LogP contribution in [-0.4, -0.2) is 20.5 Å². The molecule has 116 valence electrons. The molecule has 0 unspecified atom stereocenters. The van der Waals surface area contributed by atoms with E-state index in [1.165, 1.54) is 6.07 Å². The number of rotatable bonds is 4. The van der Waals surface area contributed by atoms with Crippen molar-refractivity contribution in [2.45, 2.75) is 42.5 Å². The Kier molecular flexibility index (Phi) is 6.59. The normalized spacial score (nSPS) is 18.6. The van der Waals surface area contributed by atoms with Crippen molar-refractivity contribution in [3.05, 3.63) is 14.7 Å². The van der Waals surface area contributed by atoms with Crippen LogP contribution in [0.1, 0.15) is 32.1 Å². The average molecular weight is 380 g/mol. The maximum Gasteiger partial charge on any atom is 0.243 e. The summed E-state index contributed by atoms with van der Waals surface area (Å²) >= 11 is 12.7. The molecule has 1 aromatic rings. The zero-order chi connectivity index (χ0) is 14.1. The zero-order valence-corrected chi connectivity index (χ0v) is 14.7. The molecule has 0 aliphatic heterocycles. The number of thiophene rings is 1. The minimum absolute atomic E-state index is 0. The van der Waals surface area contributed by atoms with Gasteiger partial charge in [0.15, 0.2) is 0 Å². The number of hydrogen-bond donors (Lipinski definition) is 2. The molecule has 0 bridgehead atoms. The van der Waals surface area contributed by atoms with Crippen LogP contribution in [0.2, 0.25) is 8.67 Å². The van der Waals surface area contributed by atoms with Crippen LogP contribution in [0.15, 0.2) is 11.0 Å². The Bertz CT molecular complexity index is 554. The SMILES string of the molecule is Cl.NC1(CNS(=O)(=O)c2cc(Cl)sc2Cl)CCCCC1. The molecule has 1 aliphatic carbocycles. The van der Waals surface area contributed by atoms with Crippen LogP contribution < -0.4 is 10.5 Å². The van der Waals surface area contributed by atoms with Crippen LogP contribution in [-0.2, 0) is 10.0 Å². The van der Waals surface area contributed by atoms with Crippen molar-refractivity contribution in [2.75, 3.05) is 6.54 Å². The first kappa shape index (κ1) is 18.5. The van der Waals surface area contributed by atoms with Gasteiger partial charge in [-0.15, -0.1) is 23.7 Å². The van der Waals surface area contributed by atoms with Gasteiger partial charge in [-0.1, -0.05) is 42.5 Å². The fourth-order valence-corrected chi connectivity index (χ4v) is 5.54. The molecule has 1 aromatic heterocycles. The van der Waals surface area contributed by atoms with E-state index in [0.717, 1.165) is 43.4 Å². The van der Waals surface area contributed by atoms with E-state index >= 15 is 0 Å². The summed E-state index contributed by atoms with van der Waals surface area (Å²) in [5, 5.41) is 0. The number of nitrogens with two attached hydrogens (primary N) is 1. The fraction of sp³-hybridized carbons (Fsp3) is 0.636. The lowest BCUT2D eigenvalue weighted by atomic mass is 9.83. The van der Waals surface area contributed by atoms with Gasteiger partial charge in [0, 0.05) is 12.1 Å². The lowest BCUT2D eigenvalue weighted by Crippen LogP contribution is -2.51. The minimum atomic E-state index is -3.64. The van der Waals surface area contributed by atoms with Crippen molar-refractivity contribution in [1.82, 2.24) is 4.72 Å². The highest BCUT2D eigenvalue weighted by molar-refractivity contribution is 7.89. The van der Waals surface area contributed by atoms with Gasteiger partial charge in [-0.2, -0.15) is 0 Å².